The van der Waals surface area contributed by atoms with Crippen LogP contribution < -0.4 is 10.5 Å². The van der Waals surface area contributed by atoms with Gasteiger partial charge >= 0.3 is 0 Å². The smallest absolute Gasteiger partial charge is 0.123 e. The number of halogens is 1. The quantitative estimate of drug-likeness (QED) is 0.877. The largest absolute Gasteiger partial charge is 0.494 e. The van der Waals surface area contributed by atoms with Gasteiger partial charge in [0.15, 0.2) is 0 Å². The molecule has 0 bridgehead atoms. The summed E-state index contributed by atoms with van der Waals surface area (Å²) in [5.41, 5.74) is 8.04. The highest BCUT2D eigenvalue weighted by atomic mass is 32.1. The molecule has 0 aliphatic heterocycles. The topological polar surface area (TPSA) is 35.2 Å². The Bertz CT molecular complexity index is 567. The summed E-state index contributed by atoms with van der Waals surface area (Å²) in [5, 5.41) is 2.08. The summed E-state index contributed by atoms with van der Waals surface area (Å²) in [6.07, 6.45) is 0.823. The second kappa shape index (κ2) is 6.86. The number of hydrogen-bond donors (Lipinski definition) is 1. The first-order valence-electron chi connectivity index (χ1n) is 6.81. The van der Waals surface area contributed by atoms with Gasteiger partial charge in [-0.2, -0.15) is 0 Å². The van der Waals surface area contributed by atoms with Crippen molar-refractivity contribution in [2.45, 2.75) is 26.2 Å². The van der Waals surface area contributed by atoms with Gasteiger partial charge in [-0.3, -0.25) is 0 Å². The Morgan fingerprint density at radius 3 is 2.75 bits per heavy atom. The minimum absolute atomic E-state index is 0.0737. The van der Waals surface area contributed by atoms with Crippen LogP contribution >= 0.6 is 11.3 Å². The molecule has 0 radical (unpaired) electrons. The Balaban J connectivity index is 2.30. The zero-order chi connectivity index (χ0) is 14.5. The second-order valence-electron chi connectivity index (χ2n) is 4.78. The van der Waals surface area contributed by atoms with Crippen molar-refractivity contribution in [3.63, 3.8) is 0 Å². The lowest BCUT2D eigenvalue weighted by atomic mass is 9.93. The van der Waals surface area contributed by atoms with Crippen LogP contribution in [-0.4, -0.2) is 13.2 Å². The van der Waals surface area contributed by atoms with Crippen LogP contribution in [0.4, 0.5) is 4.39 Å². The molecule has 108 valence electrons. The minimum atomic E-state index is -0.246. The highest BCUT2D eigenvalue weighted by molar-refractivity contribution is 7.10. The molecular weight excluding hydrogens is 273 g/mol. The molecule has 20 heavy (non-hydrogen) atoms. The molecule has 2 rings (SSSR count). The first-order chi connectivity index (χ1) is 9.65. The van der Waals surface area contributed by atoms with E-state index >= 15 is 0 Å². The van der Waals surface area contributed by atoms with Gasteiger partial charge in [-0.25, -0.2) is 4.39 Å². The minimum Gasteiger partial charge on any atom is -0.494 e. The van der Waals surface area contributed by atoms with Gasteiger partial charge in [0.05, 0.1) is 6.61 Å². The van der Waals surface area contributed by atoms with Crippen LogP contribution in [0.2, 0.25) is 0 Å². The maximum atomic E-state index is 13.5. The van der Waals surface area contributed by atoms with Crippen molar-refractivity contribution in [1.29, 1.82) is 0 Å². The van der Waals surface area contributed by atoms with Crippen molar-refractivity contribution in [1.82, 2.24) is 0 Å². The van der Waals surface area contributed by atoms with Crippen LogP contribution in [0.25, 0.3) is 0 Å². The van der Waals surface area contributed by atoms with E-state index in [1.165, 1.54) is 16.5 Å². The van der Waals surface area contributed by atoms with Crippen molar-refractivity contribution < 1.29 is 9.13 Å². The van der Waals surface area contributed by atoms with E-state index in [-0.39, 0.29) is 11.7 Å². The summed E-state index contributed by atoms with van der Waals surface area (Å²) in [7, 11) is 0. The van der Waals surface area contributed by atoms with E-state index in [0.29, 0.717) is 13.2 Å². The fourth-order valence-electron chi connectivity index (χ4n) is 2.28. The lowest BCUT2D eigenvalue weighted by Gasteiger charge is -2.19. The van der Waals surface area contributed by atoms with Crippen molar-refractivity contribution in [3.05, 3.63) is 51.5 Å². The van der Waals surface area contributed by atoms with Crippen molar-refractivity contribution in [3.8, 4) is 5.75 Å². The van der Waals surface area contributed by atoms with Crippen molar-refractivity contribution in [2.75, 3.05) is 13.2 Å². The predicted octanol–water partition coefficient (Wildman–Crippen LogP) is 3.88. The zero-order valence-corrected chi connectivity index (χ0v) is 12.7. The third-order valence-electron chi connectivity index (χ3n) is 3.40. The molecule has 1 aromatic carbocycles. The first kappa shape index (κ1) is 15.0. The molecule has 0 aliphatic carbocycles. The normalized spacial score (nSPS) is 12.4. The van der Waals surface area contributed by atoms with Gasteiger partial charge in [0.2, 0.25) is 0 Å². The molecule has 1 atom stereocenters. The maximum Gasteiger partial charge on any atom is 0.123 e. The summed E-state index contributed by atoms with van der Waals surface area (Å²) in [6, 6.07) is 6.77. The molecular formula is C16H20FNOS. The van der Waals surface area contributed by atoms with Gasteiger partial charge < -0.3 is 10.5 Å². The second-order valence-corrected chi connectivity index (χ2v) is 5.78. The Kier molecular flexibility index (Phi) is 5.15. The summed E-state index contributed by atoms with van der Waals surface area (Å²) >= 11 is 1.72. The molecule has 0 amide bonds. The lowest BCUT2D eigenvalue weighted by Crippen LogP contribution is -2.16. The highest BCUT2D eigenvalue weighted by Gasteiger charge is 2.18. The molecule has 1 heterocycles. The molecule has 0 aliphatic rings. The maximum absolute atomic E-state index is 13.5. The standard InChI is InChI=1S/C16H20FNOS/c1-3-19-15-5-4-13(17)9-14(15)12(10-18)8-16-11(2)6-7-20-16/h4-7,9,12H,3,8,10,18H2,1-2H3. The molecule has 2 nitrogen and oxygen atoms in total. The van der Waals surface area contributed by atoms with E-state index in [4.69, 9.17) is 10.5 Å². The highest BCUT2D eigenvalue weighted by Crippen LogP contribution is 2.31. The summed E-state index contributed by atoms with van der Waals surface area (Å²) in [4.78, 5) is 1.30. The fraction of sp³-hybridized carbons (Fsp3) is 0.375. The molecule has 0 saturated heterocycles. The Morgan fingerprint density at radius 2 is 2.15 bits per heavy atom. The van der Waals surface area contributed by atoms with Crippen LogP contribution in [0.3, 0.4) is 0 Å². The summed E-state index contributed by atoms with van der Waals surface area (Å²) in [6.45, 7) is 5.05. The Morgan fingerprint density at radius 1 is 1.35 bits per heavy atom. The number of aryl methyl sites for hydroxylation is 1. The first-order valence-corrected chi connectivity index (χ1v) is 7.69. The monoisotopic (exact) mass is 293 g/mol. The van der Waals surface area contributed by atoms with Gasteiger partial charge in [-0.05, 0) is 62.0 Å². The molecule has 1 aromatic heterocycles. The van der Waals surface area contributed by atoms with Gasteiger partial charge in [-0.15, -0.1) is 11.3 Å². The third-order valence-corrected chi connectivity index (χ3v) is 4.44. The third kappa shape index (κ3) is 3.38. The fourth-order valence-corrected chi connectivity index (χ4v) is 3.27. The number of benzene rings is 1. The summed E-state index contributed by atoms with van der Waals surface area (Å²) in [5.74, 6) is 0.563. The molecule has 2 N–H and O–H groups in total. The van der Waals surface area contributed by atoms with Gasteiger partial charge in [0.25, 0.3) is 0 Å². The van der Waals surface area contributed by atoms with E-state index in [2.05, 4.69) is 18.4 Å². The average Bonchev–Trinajstić information content (AvgIpc) is 2.84. The SMILES string of the molecule is CCOc1ccc(F)cc1C(CN)Cc1sccc1C. The Labute approximate surface area is 123 Å². The van der Waals surface area contributed by atoms with Gasteiger partial charge in [0.1, 0.15) is 11.6 Å². The predicted molar refractivity (Wildman–Crippen MR) is 82.1 cm³/mol. The van der Waals surface area contributed by atoms with Gasteiger partial charge in [-0.1, -0.05) is 0 Å². The van der Waals surface area contributed by atoms with E-state index in [1.807, 2.05) is 6.92 Å². The van der Waals surface area contributed by atoms with E-state index in [9.17, 15) is 4.39 Å². The molecule has 2 aromatic rings. The number of ether oxygens (including phenoxy) is 1. The van der Waals surface area contributed by atoms with Crippen LogP contribution in [0.15, 0.2) is 29.6 Å². The number of thiophene rings is 1. The van der Waals surface area contributed by atoms with Crippen LogP contribution in [-0.2, 0) is 6.42 Å². The Hall–Kier alpha value is -1.39. The van der Waals surface area contributed by atoms with Crippen LogP contribution in [0, 0.1) is 12.7 Å². The average molecular weight is 293 g/mol. The lowest BCUT2D eigenvalue weighted by molar-refractivity contribution is 0.333. The molecule has 0 spiro atoms. The number of rotatable bonds is 6. The molecule has 0 fully saturated rings. The number of nitrogens with two attached hydrogens (primary N) is 1. The molecule has 4 heteroatoms. The van der Waals surface area contributed by atoms with Crippen molar-refractivity contribution >= 4 is 11.3 Å². The van der Waals surface area contributed by atoms with Crippen LogP contribution in [0.5, 0.6) is 5.75 Å². The summed E-state index contributed by atoms with van der Waals surface area (Å²) < 4.78 is 19.2. The molecule has 0 saturated carbocycles. The van der Waals surface area contributed by atoms with E-state index in [1.54, 1.807) is 23.5 Å². The van der Waals surface area contributed by atoms with Gasteiger partial charge in [0, 0.05) is 16.4 Å². The molecule has 1 unspecified atom stereocenters. The van der Waals surface area contributed by atoms with E-state index < -0.39 is 0 Å². The zero-order valence-electron chi connectivity index (χ0n) is 11.9. The number of hydrogen-bond acceptors (Lipinski definition) is 3. The van der Waals surface area contributed by atoms with Crippen molar-refractivity contribution in [2.24, 2.45) is 5.73 Å². The van der Waals surface area contributed by atoms with E-state index in [0.717, 1.165) is 17.7 Å². The van der Waals surface area contributed by atoms with Crippen LogP contribution in [0.1, 0.15) is 28.8 Å².